The average Bonchev–Trinajstić information content (AvgIpc) is 2.64. The molecule has 0 aliphatic carbocycles. The lowest BCUT2D eigenvalue weighted by Gasteiger charge is -2.18. The molecule has 98 valence electrons. The molecule has 8 heteroatoms. The Morgan fingerprint density at radius 3 is 2.61 bits per heavy atom. The van der Waals surface area contributed by atoms with Crippen molar-refractivity contribution in [3.63, 3.8) is 0 Å². The molecule has 1 fully saturated rings. The molecular weight excluding hydrogens is 365 g/mol. The molecule has 1 aliphatic heterocycles. The van der Waals surface area contributed by atoms with E-state index in [1.807, 2.05) is 0 Å². The van der Waals surface area contributed by atoms with Crippen LogP contribution in [0.2, 0.25) is 5.02 Å². The van der Waals surface area contributed by atoms with Crippen molar-refractivity contribution in [3.05, 3.63) is 27.7 Å². The van der Waals surface area contributed by atoms with Crippen molar-refractivity contribution in [2.75, 3.05) is 11.4 Å². The van der Waals surface area contributed by atoms with E-state index in [1.54, 1.807) is 18.2 Å². The summed E-state index contributed by atoms with van der Waals surface area (Å²) in [5.74, 6) is -0.302. The Hall–Kier alpha value is -0.300. The van der Waals surface area contributed by atoms with Gasteiger partial charge in [-0.25, -0.2) is 8.42 Å². The lowest BCUT2D eigenvalue weighted by molar-refractivity contribution is -0.117. The Morgan fingerprint density at radius 1 is 1.39 bits per heavy atom. The lowest BCUT2D eigenvalue weighted by Crippen LogP contribution is -2.26. The van der Waals surface area contributed by atoms with Gasteiger partial charge >= 0.3 is 0 Å². The number of rotatable bonds is 2. The van der Waals surface area contributed by atoms with Crippen molar-refractivity contribution < 1.29 is 13.2 Å². The molecular formula is C10H8BrCl2NO3S. The molecule has 1 aromatic carbocycles. The molecule has 1 heterocycles. The maximum absolute atomic E-state index is 11.8. The summed E-state index contributed by atoms with van der Waals surface area (Å²) in [5.41, 5.74) is 0.485. The van der Waals surface area contributed by atoms with Crippen LogP contribution >= 0.6 is 38.2 Å². The van der Waals surface area contributed by atoms with E-state index in [4.69, 9.17) is 22.3 Å². The first kappa shape index (κ1) is 14.1. The third-order valence-electron chi connectivity index (χ3n) is 2.69. The Kier molecular flexibility index (Phi) is 3.92. The number of carbonyl (C=O) groups is 1. The highest BCUT2D eigenvalue weighted by molar-refractivity contribution is 9.10. The number of amides is 1. The number of carbonyl (C=O) groups excluding carboxylic acids is 1. The van der Waals surface area contributed by atoms with Gasteiger partial charge in [-0.05, 0) is 18.2 Å². The molecule has 1 amide bonds. The van der Waals surface area contributed by atoms with E-state index in [2.05, 4.69) is 15.9 Å². The number of anilines is 1. The van der Waals surface area contributed by atoms with Gasteiger partial charge in [0.05, 0.1) is 10.7 Å². The first-order valence-corrected chi connectivity index (χ1v) is 8.52. The first-order valence-electron chi connectivity index (χ1n) is 4.98. The number of nitrogens with zero attached hydrogens (tertiary/aromatic N) is 1. The van der Waals surface area contributed by atoms with E-state index in [-0.39, 0.29) is 18.9 Å². The average molecular weight is 373 g/mol. The van der Waals surface area contributed by atoms with Crippen LogP contribution in [-0.2, 0) is 13.8 Å². The maximum atomic E-state index is 11.8. The summed E-state index contributed by atoms with van der Waals surface area (Å²) < 4.78 is 23.3. The second-order valence-corrected chi connectivity index (χ2v) is 8.13. The van der Waals surface area contributed by atoms with E-state index in [9.17, 15) is 13.2 Å². The fraction of sp³-hybridized carbons (Fsp3) is 0.300. The zero-order chi connectivity index (χ0) is 13.5. The lowest BCUT2D eigenvalue weighted by atomic mass is 10.3. The standard InChI is InChI=1S/C10H8BrCl2NO3S/c11-6-1-2-8(12)9(3-6)14-5-7(4-10(14)15)18(13,16)17/h1-3,7H,4-5H2. The van der Waals surface area contributed by atoms with Gasteiger partial charge in [0.1, 0.15) is 5.25 Å². The van der Waals surface area contributed by atoms with Crippen molar-refractivity contribution in [2.45, 2.75) is 11.7 Å². The first-order chi connectivity index (χ1) is 8.29. The molecule has 0 bridgehead atoms. The summed E-state index contributed by atoms with van der Waals surface area (Å²) in [7, 11) is 1.54. The molecule has 0 N–H and O–H groups in total. The van der Waals surface area contributed by atoms with Gasteiger partial charge in [-0.3, -0.25) is 4.79 Å². The molecule has 0 saturated carbocycles. The van der Waals surface area contributed by atoms with Gasteiger partial charge in [-0.15, -0.1) is 0 Å². The third-order valence-corrected chi connectivity index (χ3v) is 5.37. The Labute approximate surface area is 122 Å². The quantitative estimate of drug-likeness (QED) is 0.750. The van der Waals surface area contributed by atoms with Crippen molar-refractivity contribution in [2.24, 2.45) is 0 Å². The fourth-order valence-electron chi connectivity index (χ4n) is 1.79. The van der Waals surface area contributed by atoms with Gasteiger partial charge in [0, 0.05) is 28.1 Å². The van der Waals surface area contributed by atoms with Crippen LogP contribution in [-0.4, -0.2) is 26.1 Å². The summed E-state index contributed by atoms with van der Waals surface area (Å²) in [4.78, 5) is 13.2. The molecule has 2 rings (SSSR count). The third kappa shape index (κ3) is 2.82. The minimum atomic E-state index is -3.74. The molecule has 0 aromatic heterocycles. The van der Waals surface area contributed by atoms with Crippen LogP contribution in [0, 0.1) is 0 Å². The van der Waals surface area contributed by atoms with Crippen LogP contribution < -0.4 is 4.90 Å². The summed E-state index contributed by atoms with van der Waals surface area (Å²) in [6, 6.07) is 5.04. The van der Waals surface area contributed by atoms with Gasteiger partial charge in [-0.2, -0.15) is 0 Å². The predicted molar refractivity (Wildman–Crippen MR) is 74.7 cm³/mol. The number of hydrogen-bond donors (Lipinski definition) is 0. The summed E-state index contributed by atoms with van der Waals surface area (Å²) in [5, 5.41) is -0.499. The van der Waals surface area contributed by atoms with E-state index in [0.717, 1.165) is 4.47 Å². The monoisotopic (exact) mass is 371 g/mol. The summed E-state index contributed by atoms with van der Waals surface area (Å²) in [6.07, 6.45) is -0.116. The van der Waals surface area contributed by atoms with Crippen molar-refractivity contribution in [1.29, 1.82) is 0 Å². The zero-order valence-corrected chi connectivity index (χ0v) is 12.9. The predicted octanol–water partition coefficient (Wildman–Crippen LogP) is 2.78. The molecule has 18 heavy (non-hydrogen) atoms. The van der Waals surface area contributed by atoms with Gasteiger partial charge in [-0.1, -0.05) is 27.5 Å². The zero-order valence-electron chi connectivity index (χ0n) is 8.94. The largest absolute Gasteiger partial charge is 0.309 e. The topological polar surface area (TPSA) is 54.5 Å². The highest BCUT2D eigenvalue weighted by Gasteiger charge is 2.38. The highest BCUT2D eigenvalue weighted by atomic mass is 79.9. The van der Waals surface area contributed by atoms with E-state index in [0.29, 0.717) is 10.7 Å². The van der Waals surface area contributed by atoms with Crippen molar-refractivity contribution in [1.82, 2.24) is 0 Å². The molecule has 1 aromatic rings. The van der Waals surface area contributed by atoms with Gasteiger partial charge < -0.3 is 4.90 Å². The van der Waals surface area contributed by atoms with Crippen LogP contribution in [0.15, 0.2) is 22.7 Å². The second kappa shape index (κ2) is 5.00. The minimum Gasteiger partial charge on any atom is -0.309 e. The molecule has 4 nitrogen and oxygen atoms in total. The van der Waals surface area contributed by atoms with E-state index in [1.165, 1.54) is 4.90 Å². The van der Waals surface area contributed by atoms with Gasteiger partial charge in [0.15, 0.2) is 0 Å². The van der Waals surface area contributed by atoms with Crippen molar-refractivity contribution >= 4 is 58.9 Å². The minimum absolute atomic E-state index is 0.0286. The maximum Gasteiger partial charge on any atom is 0.237 e. The van der Waals surface area contributed by atoms with Crippen LogP contribution in [0.4, 0.5) is 5.69 Å². The number of halogens is 3. The molecule has 0 radical (unpaired) electrons. The Bertz CT molecular complexity index is 605. The summed E-state index contributed by atoms with van der Waals surface area (Å²) >= 11 is 9.28. The molecule has 0 spiro atoms. The van der Waals surface area contributed by atoms with Crippen LogP contribution in [0.1, 0.15) is 6.42 Å². The Balaban J connectivity index is 2.35. The van der Waals surface area contributed by atoms with Crippen LogP contribution in [0.5, 0.6) is 0 Å². The SMILES string of the molecule is O=C1CC(S(=O)(=O)Cl)CN1c1cc(Br)ccc1Cl. The molecule has 1 aliphatic rings. The molecule has 1 unspecified atom stereocenters. The number of benzene rings is 1. The summed E-state index contributed by atoms with van der Waals surface area (Å²) in [6.45, 7) is 0.0286. The van der Waals surface area contributed by atoms with Gasteiger partial charge in [0.2, 0.25) is 15.0 Å². The van der Waals surface area contributed by atoms with E-state index < -0.39 is 14.3 Å². The van der Waals surface area contributed by atoms with E-state index >= 15 is 0 Å². The molecule has 1 atom stereocenters. The van der Waals surface area contributed by atoms with Crippen molar-refractivity contribution in [3.8, 4) is 0 Å². The normalized spacial score (nSPS) is 20.5. The van der Waals surface area contributed by atoms with Crippen LogP contribution in [0.3, 0.4) is 0 Å². The second-order valence-electron chi connectivity index (χ2n) is 3.90. The fourth-order valence-corrected chi connectivity index (χ4v) is 3.38. The highest BCUT2D eigenvalue weighted by Crippen LogP contribution is 2.33. The Morgan fingerprint density at radius 2 is 2.06 bits per heavy atom. The number of hydrogen-bond acceptors (Lipinski definition) is 3. The van der Waals surface area contributed by atoms with Crippen LogP contribution in [0.25, 0.3) is 0 Å². The smallest absolute Gasteiger partial charge is 0.237 e. The molecule has 1 saturated heterocycles. The van der Waals surface area contributed by atoms with Gasteiger partial charge in [0.25, 0.3) is 0 Å².